The molecule has 0 saturated carbocycles. The van der Waals surface area contributed by atoms with Crippen LogP contribution in [0.25, 0.3) is 0 Å². The van der Waals surface area contributed by atoms with Gasteiger partial charge >= 0.3 is 0 Å². The van der Waals surface area contributed by atoms with E-state index in [1.54, 1.807) is 36.5 Å². The van der Waals surface area contributed by atoms with Gasteiger partial charge in [-0.1, -0.05) is 32.0 Å². The summed E-state index contributed by atoms with van der Waals surface area (Å²) >= 11 is 0. The number of aryl methyl sites for hydroxylation is 2. The zero-order valence-corrected chi connectivity index (χ0v) is 15.9. The van der Waals surface area contributed by atoms with E-state index in [2.05, 4.69) is 40.5 Å². The first-order valence-electron chi connectivity index (χ1n) is 9.17. The molecule has 6 nitrogen and oxygen atoms in total. The predicted octanol–water partition coefficient (Wildman–Crippen LogP) is 4.47. The van der Waals surface area contributed by atoms with Crippen LogP contribution in [-0.2, 0) is 12.8 Å². The maximum atomic E-state index is 12.8. The van der Waals surface area contributed by atoms with Crippen molar-refractivity contribution in [2.75, 3.05) is 10.6 Å². The van der Waals surface area contributed by atoms with Crippen molar-refractivity contribution in [3.8, 4) is 6.07 Å². The molecule has 1 heterocycles. The van der Waals surface area contributed by atoms with E-state index in [0.29, 0.717) is 11.5 Å². The number of hydrogen-bond acceptors (Lipinski definition) is 5. The van der Waals surface area contributed by atoms with Crippen molar-refractivity contribution in [3.63, 3.8) is 0 Å². The molecule has 3 aromatic rings. The number of carbonyl (C=O) groups excluding carboxylic acids is 1. The maximum absolute atomic E-state index is 12.8. The lowest BCUT2D eigenvalue weighted by Gasteiger charge is -2.14. The van der Waals surface area contributed by atoms with Crippen LogP contribution in [0.15, 0.2) is 54.7 Å². The molecule has 140 valence electrons. The molecular formula is C22H21N5O. The van der Waals surface area contributed by atoms with Gasteiger partial charge in [-0.05, 0) is 54.3 Å². The van der Waals surface area contributed by atoms with Gasteiger partial charge in [0.1, 0.15) is 5.69 Å². The van der Waals surface area contributed by atoms with Gasteiger partial charge in [0.25, 0.3) is 5.91 Å². The highest BCUT2D eigenvalue weighted by molar-refractivity contribution is 6.03. The van der Waals surface area contributed by atoms with E-state index in [4.69, 9.17) is 5.26 Å². The number of para-hydroxylation sites is 1. The molecule has 0 aliphatic rings. The fourth-order valence-corrected chi connectivity index (χ4v) is 2.88. The third-order valence-corrected chi connectivity index (χ3v) is 4.40. The first-order chi connectivity index (χ1) is 13.6. The molecular weight excluding hydrogens is 350 g/mol. The van der Waals surface area contributed by atoms with E-state index in [1.807, 2.05) is 18.2 Å². The molecule has 0 aliphatic carbocycles. The maximum Gasteiger partial charge on any atom is 0.274 e. The largest absolute Gasteiger partial charge is 0.324 e. The number of nitrogens with zero attached hydrogens (tertiary/aromatic N) is 3. The zero-order valence-electron chi connectivity index (χ0n) is 15.9. The lowest BCUT2D eigenvalue weighted by molar-refractivity contribution is 0.102. The molecule has 0 spiro atoms. The van der Waals surface area contributed by atoms with Crippen LogP contribution in [-0.4, -0.2) is 15.9 Å². The Kier molecular flexibility index (Phi) is 5.97. The van der Waals surface area contributed by atoms with Gasteiger partial charge in [0.2, 0.25) is 5.95 Å². The average Bonchev–Trinajstić information content (AvgIpc) is 2.74. The van der Waals surface area contributed by atoms with Crippen molar-refractivity contribution < 1.29 is 4.79 Å². The average molecular weight is 371 g/mol. The molecule has 2 N–H and O–H groups in total. The Morgan fingerprint density at radius 3 is 2.32 bits per heavy atom. The predicted molar refractivity (Wildman–Crippen MR) is 110 cm³/mol. The number of nitriles is 1. The minimum atomic E-state index is -0.277. The topological polar surface area (TPSA) is 90.7 Å². The summed E-state index contributed by atoms with van der Waals surface area (Å²) < 4.78 is 0. The van der Waals surface area contributed by atoms with Crippen molar-refractivity contribution >= 4 is 23.2 Å². The van der Waals surface area contributed by atoms with Gasteiger partial charge in [-0.3, -0.25) is 4.79 Å². The van der Waals surface area contributed by atoms with Gasteiger partial charge in [-0.15, -0.1) is 0 Å². The van der Waals surface area contributed by atoms with E-state index >= 15 is 0 Å². The van der Waals surface area contributed by atoms with E-state index in [0.717, 1.165) is 35.3 Å². The summed E-state index contributed by atoms with van der Waals surface area (Å²) in [5, 5.41) is 14.9. The van der Waals surface area contributed by atoms with Crippen LogP contribution in [0.1, 0.15) is 41.0 Å². The quantitative estimate of drug-likeness (QED) is 0.667. The van der Waals surface area contributed by atoms with E-state index in [9.17, 15) is 4.79 Å². The molecule has 2 aromatic carbocycles. The molecule has 28 heavy (non-hydrogen) atoms. The second kappa shape index (κ2) is 8.78. The van der Waals surface area contributed by atoms with Gasteiger partial charge in [0.05, 0.1) is 11.6 Å². The lowest BCUT2D eigenvalue weighted by Crippen LogP contribution is -2.17. The number of anilines is 3. The molecule has 3 rings (SSSR count). The summed E-state index contributed by atoms with van der Waals surface area (Å²) in [6, 6.07) is 16.6. The van der Waals surface area contributed by atoms with Crippen molar-refractivity contribution in [2.45, 2.75) is 26.7 Å². The minimum absolute atomic E-state index is 0.277. The molecule has 1 amide bonds. The first-order valence-corrected chi connectivity index (χ1v) is 9.17. The number of carbonyl (C=O) groups is 1. The van der Waals surface area contributed by atoms with Crippen LogP contribution in [0.2, 0.25) is 0 Å². The monoisotopic (exact) mass is 371 g/mol. The van der Waals surface area contributed by atoms with Crippen molar-refractivity contribution in [1.82, 2.24) is 9.97 Å². The smallest absolute Gasteiger partial charge is 0.274 e. The van der Waals surface area contributed by atoms with Gasteiger partial charge in [-0.2, -0.15) is 5.26 Å². The van der Waals surface area contributed by atoms with Crippen LogP contribution in [0.3, 0.4) is 0 Å². The zero-order chi connectivity index (χ0) is 19.9. The summed E-state index contributed by atoms with van der Waals surface area (Å²) in [6.07, 6.45) is 3.21. The SMILES string of the molecule is CCc1cccc(CC)c1NC(=O)c1ccnc(Nc2ccc(C#N)cc2)n1. The molecule has 0 fully saturated rings. The summed E-state index contributed by atoms with van der Waals surface area (Å²) in [4.78, 5) is 21.3. The van der Waals surface area contributed by atoms with Crippen LogP contribution in [0.4, 0.5) is 17.3 Å². The van der Waals surface area contributed by atoms with Crippen molar-refractivity contribution in [3.05, 3.63) is 77.1 Å². The fourth-order valence-electron chi connectivity index (χ4n) is 2.88. The summed E-state index contributed by atoms with van der Waals surface area (Å²) in [7, 11) is 0. The highest BCUT2D eigenvalue weighted by Gasteiger charge is 2.13. The van der Waals surface area contributed by atoms with Crippen LogP contribution < -0.4 is 10.6 Å². The molecule has 0 saturated heterocycles. The van der Waals surface area contributed by atoms with Gasteiger partial charge in [0.15, 0.2) is 0 Å². The first kappa shape index (κ1) is 19.1. The third kappa shape index (κ3) is 4.33. The number of benzene rings is 2. The van der Waals surface area contributed by atoms with E-state index in [-0.39, 0.29) is 11.6 Å². The number of nitrogens with one attached hydrogen (secondary N) is 2. The highest BCUT2D eigenvalue weighted by atomic mass is 16.1. The van der Waals surface area contributed by atoms with E-state index < -0.39 is 0 Å². The Hall–Kier alpha value is -3.72. The van der Waals surface area contributed by atoms with Crippen LogP contribution in [0, 0.1) is 11.3 Å². The Bertz CT molecular complexity index is 1000. The van der Waals surface area contributed by atoms with Crippen molar-refractivity contribution in [1.29, 1.82) is 5.26 Å². The minimum Gasteiger partial charge on any atom is -0.324 e. The fraction of sp³-hybridized carbons (Fsp3) is 0.182. The molecule has 0 bridgehead atoms. The molecule has 6 heteroatoms. The van der Waals surface area contributed by atoms with Crippen molar-refractivity contribution in [2.24, 2.45) is 0 Å². The Balaban J connectivity index is 1.80. The lowest BCUT2D eigenvalue weighted by atomic mass is 10.0. The molecule has 1 aromatic heterocycles. The number of hydrogen-bond donors (Lipinski definition) is 2. The Morgan fingerprint density at radius 2 is 1.71 bits per heavy atom. The second-order valence-corrected chi connectivity index (χ2v) is 6.19. The van der Waals surface area contributed by atoms with Crippen LogP contribution >= 0.6 is 0 Å². The summed E-state index contributed by atoms with van der Waals surface area (Å²) in [6.45, 7) is 4.13. The van der Waals surface area contributed by atoms with Crippen LogP contribution in [0.5, 0.6) is 0 Å². The number of aromatic nitrogens is 2. The number of rotatable bonds is 6. The van der Waals surface area contributed by atoms with Gasteiger partial charge in [0, 0.05) is 17.6 Å². The molecule has 0 atom stereocenters. The summed E-state index contributed by atoms with van der Waals surface area (Å²) in [5.41, 5.74) is 4.63. The van der Waals surface area contributed by atoms with E-state index in [1.165, 1.54) is 0 Å². The molecule has 0 radical (unpaired) electrons. The summed E-state index contributed by atoms with van der Waals surface area (Å²) in [5.74, 6) is 0.0396. The normalized spacial score (nSPS) is 10.2. The van der Waals surface area contributed by atoms with Gasteiger partial charge < -0.3 is 10.6 Å². The molecule has 0 unspecified atom stereocenters. The Morgan fingerprint density at radius 1 is 1.04 bits per heavy atom. The standard InChI is InChI=1S/C22H21N5O/c1-3-16-6-5-7-17(4-2)20(16)27-21(28)19-12-13-24-22(26-19)25-18-10-8-15(14-23)9-11-18/h5-13H,3-4H2,1-2H3,(H,27,28)(H,24,25,26). The molecule has 0 aliphatic heterocycles. The highest BCUT2D eigenvalue weighted by Crippen LogP contribution is 2.23. The van der Waals surface area contributed by atoms with Gasteiger partial charge in [-0.25, -0.2) is 9.97 Å². The Labute approximate surface area is 164 Å². The second-order valence-electron chi connectivity index (χ2n) is 6.19. The number of amides is 1. The third-order valence-electron chi connectivity index (χ3n) is 4.40.